The summed E-state index contributed by atoms with van der Waals surface area (Å²) in [6.45, 7) is 4.04. The van der Waals surface area contributed by atoms with Crippen molar-refractivity contribution in [1.82, 2.24) is 5.43 Å². The molecule has 0 atom stereocenters. The van der Waals surface area contributed by atoms with Crippen LogP contribution >= 0.6 is 0 Å². The third-order valence-corrected chi connectivity index (χ3v) is 3.41. The summed E-state index contributed by atoms with van der Waals surface area (Å²) in [5, 5.41) is 17.5. The minimum Gasteiger partial charge on any atom is -0.376 e. The molecule has 7 nitrogen and oxygen atoms in total. The molecule has 0 aliphatic carbocycles. The minimum atomic E-state index is -0.470. The van der Waals surface area contributed by atoms with E-state index in [0.717, 1.165) is 16.8 Å². The summed E-state index contributed by atoms with van der Waals surface area (Å²) in [4.78, 5) is 21.9. The molecule has 1 amide bonds. The predicted octanol–water partition coefficient (Wildman–Crippen LogP) is 2.77. The molecule has 0 bridgehead atoms. The molecular formula is C17H18N4O3. The van der Waals surface area contributed by atoms with Crippen LogP contribution in [0.1, 0.15) is 16.7 Å². The maximum absolute atomic E-state index is 11.8. The fraction of sp³-hybridized carbons (Fsp3) is 0.176. The van der Waals surface area contributed by atoms with Crippen molar-refractivity contribution in [3.05, 3.63) is 69.3 Å². The number of carbonyl (C=O) groups excluding carboxylic acids is 1. The summed E-state index contributed by atoms with van der Waals surface area (Å²) in [7, 11) is 0. The van der Waals surface area contributed by atoms with E-state index in [1.54, 1.807) is 12.1 Å². The Morgan fingerprint density at radius 2 is 1.79 bits per heavy atom. The van der Waals surface area contributed by atoms with Crippen LogP contribution in [0.25, 0.3) is 0 Å². The first-order valence-corrected chi connectivity index (χ1v) is 7.34. The Balaban J connectivity index is 1.85. The zero-order valence-corrected chi connectivity index (χ0v) is 13.4. The Bertz CT molecular complexity index is 750. The molecule has 7 heteroatoms. The number of nitrogens with zero attached hydrogens (tertiary/aromatic N) is 2. The highest BCUT2D eigenvalue weighted by Gasteiger charge is 2.05. The van der Waals surface area contributed by atoms with Gasteiger partial charge < -0.3 is 5.32 Å². The predicted molar refractivity (Wildman–Crippen MR) is 93.2 cm³/mol. The summed E-state index contributed by atoms with van der Waals surface area (Å²) in [5.41, 5.74) is 6.15. The number of hydrogen-bond acceptors (Lipinski definition) is 5. The van der Waals surface area contributed by atoms with Crippen molar-refractivity contribution < 1.29 is 9.72 Å². The summed E-state index contributed by atoms with van der Waals surface area (Å²) in [6.07, 6.45) is 1.43. The number of anilines is 1. The summed E-state index contributed by atoms with van der Waals surface area (Å²) < 4.78 is 0. The molecule has 0 aromatic heterocycles. The molecule has 2 aromatic carbocycles. The second-order valence-electron chi connectivity index (χ2n) is 5.26. The second kappa shape index (κ2) is 7.87. The molecule has 0 saturated heterocycles. The van der Waals surface area contributed by atoms with Crippen LogP contribution in [0, 0.1) is 24.0 Å². The molecule has 0 heterocycles. The number of nitro benzene ring substituents is 1. The highest BCUT2D eigenvalue weighted by molar-refractivity contribution is 5.84. The highest BCUT2D eigenvalue weighted by Crippen LogP contribution is 2.18. The quantitative estimate of drug-likeness (QED) is 0.484. The first-order chi connectivity index (χ1) is 11.5. The monoisotopic (exact) mass is 326 g/mol. The van der Waals surface area contributed by atoms with E-state index in [0.29, 0.717) is 5.56 Å². The smallest absolute Gasteiger partial charge is 0.269 e. The van der Waals surface area contributed by atoms with Crippen molar-refractivity contribution in [2.75, 3.05) is 11.9 Å². The number of benzene rings is 2. The van der Waals surface area contributed by atoms with Gasteiger partial charge in [0.2, 0.25) is 0 Å². The number of nitro groups is 1. The van der Waals surface area contributed by atoms with Crippen LogP contribution in [0.3, 0.4) is 0 Å². The highest BCUT2D eigenvalue weighted by atomic mass is 16.6. The average Bonchev–Trinajstić information content (AvgIpc) is 2.55. The number of nitrogens with one attached hydrogen (secondary N) is 2. The Kier molecular flexibility index (Phi) is 5.62. The van der Waals surface area contributed by atoms with Crippen LogP contribution in [0.2, 0.25) is 0 Å². The van der Waals surface area contributed by atoms with E-state index in [2.05, 4.69) is 15.8 Å². The van der Waals surface area contributed by atoms with Crippen LogP contribution in [-0.4, -0.2) is 23.6 Å². The molecule has 2 rings (SSSR count). The van der Waals surface area contributed by atoms with Crippen LogP contribution in [0.4, 0.5) is 11.4 Å². The molecule has 0 aliphatic rings. The van der Waals surface area contributed by atoms with Gasteiger partial charge in [-0.15, -0.1) is 0 Å². The first kappa shape index (κ1) is 17.1. The van der Waals surface area contributed by atoms with Crippen molar-refractivity contribution >= 4 is 23.5 Å². The zero-order chi connectivity index (χ0) is 17.5. The molecule has 0 spiro atoms. The molecule has 0 unspecified atom stereocenters. The molecule has 24 heavy (non-hydrogen) atoms. The minimum absolute atomic E-state index is 0.00832. The van der Waals surface area contributed by atoms with Gasteiger partial charge in [0.15, 0.2) is 0 Å². The van der Waals surface area contributed by atoms with Gasteiger partial charge in [-0.1, -0.05) is 18.2 Å². The molecule has 2 aromatic rings. The Labute approximate surface area is 139 Å². The standard InChI is InChI=1S/C17H18N4O3/c1-12-4-3-5-13(2)17(12)18-11-16(22)20-19-10-14-6-8-15(9-7-14)21(23)24/h3-10,18H,11H2,1-2H3,(H,20,22)/b19-10-. The molecule has 0 saturated carbocycles. The van der Waals surface area contributed by atoms with Gasteiger partial charge in [0.05, 0.1) is 17.7 Å². The van der Waals surface area contributed by atoms with Crippen molar-refractivity contribution in [3.8, 4) is 0 Å². The zero-order valence-electron chi connectivity index (χ0n) is 13.4. The van der Waals surface area contributed by atoms with Crippen LogP contribution in [-0.2, 0) is 4.79 Å². The topological polar surface area (TPSA) is 96.6 Å². The SMILES string of the molecule is Cc1cccc(C)c1NCC(=O)N/N=C\c1ccc([N+](=O)[O-])cc1. The van der Waals surface area contributed by atoms with Crippen LogP contribution in [0.15, 0.2) is 47.6 Å². The Hall–Kier alpha value is -3.22. The van der Waals surface area contributed by atoms with Gasteiger partial charge in [-0.05, 0) is 42.7 Å². The fourth-order valence-corrected chi connectivity index (χ4v) is 2.16. The lowest BCUT2D eigenvalue weighted by molar-refractivity contribution is -0.384. The third-order valence-electron chi connectivity index (χ3n) is 3.41. The number of hydrazone groups is 1. The van der Waals surface area contributed by atoms with Gasteiger partial charge in [0.25, 0.3) is 11.6 Å². The second-order valence-corrected chi connectivity index (χ2v) is 5.26. The summed E-state index contributed by atoms with van der Waals surface area (Å²) >= 11 is 0. The van der Waals surface area contributed by atoms with Crippen molar-refractivity contribution in [2.45, 2.75) is 13.8 Å². The van der Waals surface area contributed by atoms with Crippen LogP contribution in [0.5, 0.6) is 0 Å². The van der Waals surface area contributed by atoms with Gasteiger partial charge >= 0.3 is 0 Å². The van der Waals surface area contributed by atoms with Crippen molar-refractivity contribution in [3.63, 3.8) is 0 Å². The van der Waals surface area contributed by atoms with Gasteiger partial charge in [0, 0.05) is 17.8 Å². The molecule has 0 fully saturated rings. The number of amides is 1. The van der Waals surface area contributed by atoms with Crippen molar-refractivity contribution in [2.24, 2.45) is 5.10 Å². The number of aryl methyl sites for hydroxylation is 2. The fourth-order valence-electron chi connectivity index (χ4n) is 2.16. The number of non-ortho nitro benzene ring substituents is 1. The van der Waals surface area contributed by atoms with E-state index >= 15 is 0 Å². The van der Waals surface area contributed by atoms with E-state index in [4.69, 9.17) is 0 Å². The van der Waals surface area contributed by atoms with Crippen LogP contribution < -0.4 is 10.7 Å². The molecular weight excluding hydrogens is 308 g/mol. The van der Waals surface area contributed by atoms with Crippen molar-refractivity contribution in [1.29, 1.82) is 0 Å². The van der Waals surface area contributed by atoms with Gasteiger partial charge in [-0.3, -0.25) is 14.9 Å². The lowest BCUT2D eigenvalue weighted by Gasteiger charge is -2.11. The van der Waals surface area contributed by atoms with E-state index < -0.39 is 4.92 Å². The summed E-state index contributed by atoms with van der Waals surface area (Å²) in [6, 6.07) is 11.8. The van der Waals surface area contributed by atoms with Gasteiger partial charge in [0.1, 0.15) is 0 Å². The number of rotatable bonds is 6. The van der Waals surface area contributed by atoms with Gasteiger partial charge in [-0.25, -0.2) is 5.43 Å². The molecule has 0 aliphatic heterocycles. The van der Waals surface area contributed by atoms with Gasteiger partial charge in [-0.2, -0.15) is 5.10 Å². The largest absolute Gasteiger partial charge is 0.376 e. The molecule has 2 N–H and O–H groups in total. The van der Waals surface area contributed by atoms with E-state index in [-0.39, 0.29) is 18.1 Å². The summed E-state index contributed by atoms with van der Waals surface area (Å²) in [5.74, 6) is -0.282. The Morgan fingerprint density at radius 3 is 2.38 bits per heavy atom. The lowest BCUT2D eigenvalue weighted by atomic mass is 10.1. The van der Waals surface area contributed by atoms with E-state index in [9.17, 15) is 14.9 Å². The van der Waals surface area contributed by atoms with E-state index in [1.807, 2.05) is 32.0 Å². The first-order valence-electron chi connectivity index (χ1n) is 7.34. The third kappa shape index (κ3) is 4.64. The lowest BCUT2D eigenvalue weighted by Crippen LogP contribution is -2.26. The Morgan fingerprint density at radius 1 is 1.17 bits per heavy atom. The molecule has 124 valence electrons. The average molecular weight is 326 g/mol. The number of para-hydroxylation sites is 1. The normalized spacial score (nSPS) is 10.6. The maximum Gasteiger partial charge on any atom is 0.269 e. The number of hydrogen-bond donors (Lipinski definition) is 2. The maximum atomic E-state index is 11.8. The molecule has 0 radical (unpaired) electrons. The van der Waals surface area contributed by atoms with E-state index in [1.165, 1.54) is 18.3 Å². The number of carbonyl (C=O) groups is 1.